The number of halogens is 1. The molecule has 150 valence electrons. The smallest absolute Gasteiger partial charge is 0.335 e. The standard InChI is InChI=1S/C21H20BrN3O4/c1-13-11-14(5-7-17(13)22)25-20(27)16(19(26)23-21(25)28)12-15-6-8-18(29-15)24-9-3-2-4-10-24/h5-8,11-12H,2-4,9-10H2,1H3,(H,23,26,28)/b16-12+. The second-order valence-corrected chi connectivity index (χ2v) is 7.97. The first-order valence-corrected chi connectivity index (χ1v) is 10.3. The van der Waals surface area contributed by atoms with Crippen molar-refractivity contribution in [3.8, 4) is 0 Å². The van der Waals surface area contributed by atoms with Crippen LogP contribution in [0.25, 0.3) is 6.08 Å². The third-order valence-corrected chi connectivity index (χ3v) is 5.96. The van der Waals surface area contributed by atoms with Gasteiger partial charge in [-0.3, -0.25) is 14.9 Å². The number of carbonyl (C=O) groups is 3. The lowest BCUT2D eigenvalue weighted by Gasteiger charge is -2.26. The molecule has 0 spiro atoms. The first-order valence-electron chi connectivity index (χ1n) is 9.46. The minimum Gasteiger partial charge on any atom is -0.441 e. The van der Waals surface area contributed by atoms with E-state index in [1.54, 1.807) is 24.3 Å². The molecule has 1 N–H and O–H groups in total. The summed E-state index contributed by atoms with van der Waals surface area (Å²) in [5.74, 6) is -0.306. The molecule has 2 aliphatic heterocycles. The number of carbonyl (C=O) groups excluding carboxylic acids is 3. The van der Waals surface area contributed by atoms with Crippen LogP contribution in [0.15, 0.2) is 44.8 Å². The quantitative estimate of drug-likeness (QED) is 0.555. The van der Waals surface area contributed by atoms with Crippen LogP contribution in [0, 0.1) is 6.92 Å². The number of piperidine rings is 1. The number of barbiturate groups is 1. The summed E-state index contributed by atoms with van der Waals surface area (Å²) in [4.78, 5) is 40.7. The molecule has 3 heterocycles. The van der Waals surface area contributed by atoms with Crippen molar-refractivity contribution >= 4 is 51.4 Å². The molecule has 2 aromatic rings. The van der Waals surface area contributed by atoms with E-state index in [4.69, 9.17) is 4.42 Å². The molecule has 29 heavy (non-hydrogen) atoms. The first kappa shape index (κ1) is 19.4. The lowest BCUT2D eigenvalue weighted by Crippen LogP contribution is -2.54. The Hall–Kier alpha value is -2.87. The first-order chi connectivity index (χ1) is 13.9. The monoisotopic (exact) mass is 457 g/mol. The average molecular weight is 458 g/mol. The SMILES string of the molecule is Cc1cc(N2C(=O)NC(=O)/C(=C\c3ccc(N4CCCCC4)o3)C2=O)ccc1Br. The number of furan rings is 1. The summed E-state index contributed by atoms with van der Waals surface area (Å²) in [6, 6.07) is 7.89. The van der Waals surface area contributed by atoms with E-state index in [1.807, 2.05) is 13.0 Å². The molecule has 0 unspecified atom stereocenters. The molecule has 7 nitrogen and oxygen atoms in total. The zero-order chi connectivity index (χ0) is 20.5. The Labute approximate surface area is 176 Å². The number of imide groups is 2. The molecule has 0 saturated carbocycles. The van der Waals surface area contributed by atoms with Crippen LogP contribution in [0.5, 0.6) is 0 Å². The number of aryl methyl sites for hydroxylation is 1. The van der Waals surface area contributed by atoms with Gasteiger partial charge in [0.15, 0.2) is 5.88 Å². The van der Waals surface area contributed by atoms with Crippen LogP contribution in [0.1, 0.15) is 30.6 Å². The Morgan fingerprint density at radius 2 is 1.83 bits per heavy atom. The Kier molecular flexibility index (Phi) is 5.27. The highest BCUT2D eigenvalue weighted by atomic mass is 79.9. The summed E-state index contributed by atoms with van der Waals surface area (Å²) < 4.78 is 6.69. The molecule has 1 aromatic carbocycles. The topological polar surface area (TPSA) is 82.9 Å². The highest BCUT2D eigenvalue weighted by Gasteiger charge is 2.37. The van der Waals surface area contributed by atoms with Crippen molar-refractivity contribution in [1.29, 1.82) is 0 Å². The van der Waals surface area contributed by atoms with Crippen LogP contribution < -0.4 is 15.1 Å². The Morgan fingerprint density at radius 3 is 2.55 bits per heavy atom. The molecule has 8 heteroatoms. The molecule has 4 amide bonds. The molecule has 4 rings (SSSR count). The van der Waals surface area contributed by atoms with E-state index in [1.165, 1.54) is 12.5 Å². The second kappa shape index (κ2) is 7.87. The van der Waals surface area contributed by atoms with Crippen molar-refractivity contribution in [1.82, 2.24) is 5.32 Å². The second-order valence-electron chi connectivity index (χ2n) is 7.12. The molecular formula is C21H20BrN3O4. The largest absolute Gasteiger partial charge is 0.441 e. The van der Waals surface area contributed by atoms with Crippen molar-refractivity contribution in [2.24, 2.45) is 0 Å². The number of hydrogen-bond donors (Lipinski definition) is 1. The molecule has 2 fully saturated rings. The fourth-order valence-corrected chi connectivity index (χ4v) is 3.75. The molecule has 0 radical (unpaired) electrons. The Balaban J connectivity index is 1.63. The van der Waals surface area contributed by atoms with Gasteiger partial charge in [0.1, 0.15) is 11.3 Å². The van der Waals surface area contributed by atoms with E-state index in [0.717, 1.165) is 46.8 Å². The molecule has 0 atom stereocenters. The number of hydrogen-bond acceptors (Lipinski definition) is 5. The molecule has 2 aliphatic rings. The van der Waals surface area contributed by atoms with Gasteiger partial charge in [-0.05, 0) is 62.1 Å². The van der Waals surface area contributed by atoms with Gasteiger partial charge in [-0.1, -0.05) is 15.9 Å². The number of urea groups is 1. The zero-order valence-electron chi connectivity index (χ0n) is 15.9. The highest BCUT2D eigenvalue weighted by molar-refractivity contribution is 9.10. The van der Waals surface area contributed by atoms with Gasteiger partial charge < -0.3 is 9.32 Å². The van der Waals surface area contributed by atoms with Gasteiger partial charge >= 0.3 is 6.03 Å². The van der Waals surface area contributed by atoms with Crippen LogP contribution in [0.4, 0.5) is 16.4 Å². The third kappa shape index (κ3) is 3.85. The van der Waals surface area contributed by atoms with Gasteiger partial charge in [-0.25, -0.2) is 9.69 Å². The van der Waals surface area contributed by atoms with Gasteiger partial charge in [0, 0.05) is 23.6 Å². The van der Waals surface area contributed by atoms with Gasteiger partial charge in [0.2, 0.25) is 0 Å². The maximum Gasteiger partial charge on any atom is 0.335 e. The van der Waals surface area contributed by atoms with Crippen LogP contribution in [0.3, 0.4) is 0 Å². The van der Waals surface area contributed by atoms with Gasteiger partial charge in [0.05, 0.1) is 5.69 Å². The van der Waals surface area contributed by atoms with E-state index < -0.39 is 17.8 Å². The summed E-state index contributed by atoms with van der Waals surface area (Å²) >= 11 is 3.40. The summed E-state index contributed by atoms with van der Waals surface area (Å²) in [6.07, 6.45) is 4.82. The summed E-state index contributed by atoms with van der Waals surface area (Å²) in [7, 11) is 0. The predicted molar refractivity (Wildman–Crippen MR) is 113 cm³/mol. The van der Waals surface area contributed by atoms with Crippen LogP contribution >= 0.6 is 15.9 Å². The number of nitrogens with zero attached hydrogens (tertiary/aromatic N) is 2. The van der Waals surface area contributed by atoms with Gasteiger partial charge in [-0.15, -0.1) is 0 Å². The number of nitrogens with one attached hydrogen (secondary N) is 1. The van der Waals surface area contributed by atoms with E-state index in [-0.39, 0.29) is 5.57 Å². The highest BCUT2D eigenvalue weighted by Crippen LogP contribution is 2.28. The lowest BCUT2D eigenvalue weighted by atomic mass is 10.1. The Bertz CT molecular complexity index is 1020. The number of rotatable bonds is 3. The van der Waals surface area contributed by atoms with E-state index in [0.29, 0.717) is 11.4 Å². The fourth-order valence-electron chi connectivity index (χ4n) is 3.51. The van der Waals surface area contributed by atoms with Crippen LogP contribution in [0.2, 0.25) is 0 Å². The predicted octanol–water partition coefficient (Wildman–Crippen LogP) is 4.01. The summed E-state index contributed by atoms with van der Waals surface area (Å²) in [5, 5.41) is 2.23. The number of benzene rings is 1. The maximum atomic E-state index is 13.0. The fraction of sp³-hybridized carbons (Fsp3) is 0.286. The molecule has 0 aliphatic carbocycles. The summed E-state index contributed by atoms with van der Waals surface area (Å²) in [5.41, 5.74) is 1.10. The number of anilines is 2. The van der Waals surface area contributed by atoms with Crippen LogP contribution in [-0.4, -0.2) is 30.9 Å². The van der Waals surface area contributed by atoms with Crippen LogP contribution in [-0.2, 0) is 9.59 Å². The van der Waals surface area contributed by atoms with E-state index >= 15 is 0 Å². The normalized spacial score (nSPS) is 19.1. The van der Waals surface area contributed by atoms with E-state index in [9.17, 15) is 14.4 Å². The minimum absolute atomic E-state index is 0.148. The van der Waals surface area contributed by atoms with Crippen molar-refractivity contribution in [2.75, 3.05) is 22.9 Å². The third-order valence-electron chi connectivity index (χ3n) is 5.07. The van der Waals surface area contributed by atoms with Gasteiger partial charge in [-0.2, -0.15) is 0 Å². The van der Waals surface area contributed by atoms with Crippen molar-refractivity contribution in [2.45, 2.75) is 26.2 Å². The molecule has 1 aromatic heterocycles. The average Bonchev–Trinajstić information content (AvgIpc) is 3.17. The lowest BCUT2D eigenvalue weighted by molar-refractivity contribution is -0.122. The maximum absolute atomic E-state index is 13.0. The van der Waals surface area contributed by atoms with E-state index in [2.05, 4.69) is 26.1 Å². The minimum atomic E-state index is -0.771. The molecule has 2 saturated heterocycles. The van der Waals surface area contributed by atoms with Crippen molar-refractivity contribution < 1.29 is 18.8 Å². The Morgan fingerprint density at radius 1 is 1.07 bits per heavy atom. The van der Waals surface area contributed by atoms with Crippen molar-refractivity contribution in [3.05, 3.63) is 51.7 Å². The van der Waals surface area contributed by atoms with Crippen molar-refractivity contribution in [3.63, 3.8) is 0 Å². The molecular weight excluding hydrogens is 438 g/mol. The van der Waals surface area contributed by atoms with Gasteiger partial charge in [0.25, 0.3) is 11.8 Å². The number of amides is 4. The zero-order valence-corrected chi connectivity index (χ0v) is 17.5. The molecule has 0 bridgehead atoms. The summed E-state index contributed by atoms with van der Waals surface area (Å²) in [6.45, 7) is 3.70.